The number of aromatic nitrogens is 2. The van der Waals surface area contributed by atoms with Crippen LogP contribution in [-0.4, -0.2) is 14.9 Å². The van der Waals surface area contributed by atoms with E-state index in [2.05, 4.69) is 9.97 Å². The van der Waals surface area contributed by atoms with Gasteiger partial charge in [0.1, 0.15) is 0 Å². The number of hydrogen-bond acceptors (Lipinski definition) is 5. The van der Waals surface area contributed by atoms with Crippen LogP contribution in [0.2, 0.25) is 10.0 Å². The molecule has 1 heterocycles. The van der Waals surface area contributed by atoms with Gasteiger partial charge in [-0.25, -0.2) is 4.98 Å². The lowest BCUT2D eigenvalue weighted by molar-refractivity contribution is -0.384. The van der Waals surface area contributed by atoms with Gasteiger partial charge in [0.25, 0.3) is 11.2 Å². The number of non-ortho nitro benzene ring substituents is 1. The number of H-pyrrole nitrogens is 1. The molecule has 27 heavy (non-hydrogen) atoms. The van der Waals surface area contributed by atoms with Crippen LogP contribution < -0.4 is 11.3 Å². The number of anilines is 1. The average Bonchev–Trinajstić information content (AvgIpc) is 2.62. The molecule has 0 amide bonds. The number of nitrogens with two attached hydrogens (primary N) is 1. The second-order valence-electron chi connectivity index (χ2n) is 5.52. The van der Waals surface area contributed by atoms with Crippen LogP contribution in [0.25, 0.3) is 23.3 Å². The van der Waals surface area contributed by atoms with Gasteiger partial charge in [-0.1, -0.05) is 35.3 Å². The molecular weight excluding hydrogens is 391 g/mol. The van der Waals surface area contributed by atoms with E-state index in [1.54, 1.807) is 42.5 Å². The molecule has 0 unspecified atom stereocenters. The molecule has 0 saturated heterocycles. The number of nitro benzene ring substituents is 1. The van der Waals surface area contributed by atoms with E-state index in [0.29, 0.717) is 26.9 Å². The van der Waals surface area contributed by atoms with Crippen molar-refractivity contribution < 1.29 is 4.92 Å². The Kier molecular flexibility index (Phi) is 5.25. The topological polar surface area (TPSA) is 115 Å². The van der Waals surface area contributed by atoms with Crippen LogP contribution in [0, 0.1) is 10.1 Å². The highest BCUT2D eigenvalue weighted by atomic mass is 35.5. The van der Waals surface area contributed by atoms with Gasteiger partial charge < -0.3 is 5.73 Å². The van der Waals surface area contributed by atoms with E-state index in [9.17, 15) is 14.9 Å². The van der Waals surface area contributed by atoms with Gasteiger partial charge in [-0.05, 0) is 41.5 Å². The fourth-order valence-corrected chi connectivity index (χ4v) is 2.74. The summed E-state index contributed by atoms with van der Waals surface area (Å²) in [7, 11) is 0. The predicted octanol–water partition coefficient (Wildman–Crippen LogP) is 4.40. The molecule has 0 aliphatic carbocycles. The number of hydrogen-bond donors (Lipinski definition) is 2. The van der Waals surface area contributed by atoms with Crippen molar-refractivity contribution in [1.82, 2.24) is 9.97 Å². The highest BCUT2D eigenvalue weighted by Gasteiger charge is 2.13. The molecule has 136 valence electrons. The van der Waals surface area contributed by atoms with E-state index >= 15 is 0 Å². The first kappa shape index (κ1) is 18.6. The number of benzene rings is 2. The summed E-state index contributed by atoms with van der Waals surface area (Å²) in [5.41, 5.74) is 7.05. The zero-order chi connectivity index (χ0) is 19.6. The summed E-state index contributed by atoms with van der Waals surface area (Å²) in [5.74, 6) is -0.0350. The Hall–Kier alpha value is -3.16. The molecule has 0 bridgehead atoms. The third-order valence-corrected chi connectivity index (χ3v) is 4.45. The summed E-state index contributed by atoms with van der Waals surface area (Å²) in [5, 5.41) is 11.4. The van der Waals surface area contributed by atoms with Crippen LogP contribution in [0.15, 0.2) is 47.3 Å². The van der Waals surface area contributed by atoms with Crippen molar-refractivity contribution in [3.8, 4) is 11.1 Å². The smallest absolute Gasteiger partial charge is 0.269 e. The highest BCUT2D eigenvalue weighted by Crippen LogP contribution is 2.29. The summed E-state index contributed by atoms with van der Waals surface area (Å²) in [4.78, 5) is 29.3. The van der Waals surface area contributed by atoms with E-state index < -0.39 is 10.5 Å². The van der Waals surface area contributed by atoms with Crippen LogP contribution in [0.3, 0.4) is 0 Å². The van der Waals surface area contributed by atoms with Crippen molar-refractivity contribution in [2.45, 2.75) is 0 Å². The van der Waals surface area contributed by atoms with Crippen LogP contribution in [-0.2, 0) is 0 Å². The SMILES string of the molecule is Nc1nc(C=Cc2ccc([N+](=O)[O-])cc2)c(-c2ccc(Cl)c(Cl)c2)c(=O)[nH]1. The van der Waals surface area contributed by atoms with E-state index in [-0.39, 0.29) is 17.2 Å². The molecular formula is C18H12Cl2N4O3. The van der Waals surface area contributed by atoms with E-state index in [1.807, 2.05) is 0 Å². The van der Waals surface area contributed by atoms with Crippen molar-refractivity contribution in [1.29, 1.82) is 0 Å². The van der Waals surface area contributed by atoms with Crippen molar-refractivity contribution in [3.63, 3.8) is 0 Å². The number of aromatic amines is 1. The minimum atomic E-state index is -0.477. The average molecular weight is 403 g/mol. The Morgan fingerprint density at radius 2 is 1.78 bits per heavy atom. The molecule has 0 atom stereocenters. The van der Waals surface area contributed by atoms with Crippen LogP contribution >= 0.6 is 23.2 Å². The zero-order valence-electron chi connectivity index (χ0n) is 13.6. The maximum Gasteiger partial charge on any atom is 0.269 e. The van der Waals surface area contributed by atoms with Gasteiger partial charge in [0, 0.05) is 12.1 Å². The fraction of sp³-hybridized carbons (Fsp3) is 0. The lowest BCUT2D eigenvalue weighted by Crippen LogP contribution is -2.15. The molecule has 9 heteroatoms. The van der Waals surface area contributed by atoms with Crippen LogP contribution in [0.4, 0.5) is 11.6 Å². The lowest BCUT2D eigenvalue weighted by Gasteiger charge is -2.07. The lowest BCUT2D eigenvalue weighted by atomic mass is 10.0. The normalized spacial score (nSPS) is 11.0. The first-order valence-electron chi connectivity index (χ1n) is 7.63. The predicted molar refractivity (Wildman–Crippen MR) is 107 cm³/mol. The van der Waals surface area contributed by atoms with Crippen LogP contribution in [0.5, 0.6) is 0 Å². The van der Waals surface area contributed by atoms with E-state index in [1.165, 1.54) is 12.1 Å². The molecule has 7 nitrogen and oxygen atoms in total. The largest absolute Gasteiger partial charge is 0.369 e. The highest BCUT2D eigenvalue weighted by molar-refractivity contribution is 6.42. The second-order valence-corrected chi connectivity index (χ2v) is 6.34. The van der Waals surface area contributed by atoms with Gasteiger partial charge >= 0.3 is 0 Å². The van der Waals surface area contributed by atoms with Gasteiger partial charge in [-0.15, -0.1) is 0 Å². The third kappa shape index (κ3) is 4.16. The third-order valence-electron chi connectivity index (χ3n) is 3.71. The fourth-order valence-electron chi connectivity index (χ4n) is 2.44. The molecule has 0 fully saturated rings. The molecule has 0 spiro atoms. The Morgan fingerprint density at radius 1 is 1.07 bits per heavy atom. The summed E-state index contributed by atoms with van der Waals surface area (Å²) >= 11 is 12.0. The number of nitro groups is 1. The van der Waals surface area contributed by atoms with Gasteiger partial charge in [0.2, 0.25) is 5.95 Å². The van der Waals surface area contributed by atoms with Gasteiger partial charge in [-0.2, -0.15) is 0 Å². The zero-order valence-corrected chi connectivity index (χ0v) is 15.2. The molecule has 3 N–H and O–H groups in total. The summed E-state index contributed by atoms with van der Waals surface area (Å²) < 4.78 is 0. The molecule has 0 aliphatic heterocycles. The monoisotopic (exact) mass is 402 g/mol. The number of nitrogens with one attached hydrogen (secondary N) is 1. The molecule has 0 aliphatic rings. The standard InChI is InChI=1S/C18H12Cl2N4O3/c19-13-7-4-11(9-14(13)20)16-15(22-18(21)23-17(16)25)8-3-10-1-5-12(6-2-10)24(26)27/h1-9H,(H3,21,22,23,25). The minimum Gasteiger partial charge on any atom is -0.369 e. The number of halogens is 2. The van der Waals surface area contributed by atoms with Crippen molar-refractivity contribution in [3.05, 3.63) is 84.2 Å². The van der Waals surface area contributed by atoms with E-state index in [4.69, 9.17) is 28.9 Å². The van der Waals surface area contributed by atoms with Crippen molar-refractivity contribution in [2.75, 3.05) is 5.73 Å². The Bertz CT molecular complexity index is 1110. The molecule has 1 aromatic heterocycles. The van der Waals surface area contributed by atoms with Gasteiger partial charge in [0.15, 0.2) is 0 Å². The first-order valence-corrected chi connectivity index (χ1v) is 8.38. The quantitative estimate of drug-likeness (QED) is 0.495. The molecule has 2 aromatic carbocycles. The summed E-state index contributed by atoms with van der Waals surface area (Å²) in [6.07, 6.45) is 3.27. The van der Waals surface area contributed by atoms with E-state index in [0.717, 1.165) is 0 Å². The summed E-state index contributed by atoms with van der Waals surface area (Å²) in [6.45, 7) is 0. The number of nitrogens with zero attached hydrogens (tertiary/aromatic N) is 2. The van der Waals surface area contributed by atoms with Crippen molar-refractivity contribution in [2.24, 2.45) is 0 Å². The van der Waals surface area contributed by atoms with Gasteiger partial charge in [0.05, 0.1) is 26.2 Å². The Balaban J connectivity index is 2.05. The molecule has 0 radical (unpaired) electrons. The summed E-state index contributed by atoms with van der Waals surface area (Å²) in [6, 6.07) is 10.8. The Labute approximate surface area is 163 Å². The molecule has 3 rings (SSSR count). The molecule has 3 aromatic rings. The number of rotatable bonds is 4. The van der Waals surface area contributed by atoms with Crippen LogP contribution in [0.1, 0.15) is 11.3 Å². The second kappa shape index (κ2) is 7.61. The Morgan fingerprint density at radius 3 is 2.41 bits per heavy atom. The first-order chi connectivity index (χ1) is 12.8. The van der Waals surface area contributed by atoms with Gasteiger partial charge in [-0.3, -0.25) is 19.9 Å². The maximum atomic E-state index is 12.4. The minimum absolute atomic E-state index is 0.0119. The number of nitrogen functional groups attached to an aromatic ring is 1. The molecule has 0 saturated carbocycles. The maximum absolute atomic E-state index is 12.4. The van der Waals surface area contributed by atoms with Crippen molar-refractivity contribution >= 4 is 47.0 Å².